The third kappa shape index (κ3) is 3.38. The number of rotatable bonds is 5. The maximum absolute atomic E-state index is 4.75. The van der Waals surface area contributed by atoms with E-state index < -0.39 is 0 Å². The molecule has 25 heavy (non-hydrogen) atoms. The molecule has 1 saturated heterocycles. The van der Waals surface area contributed by atoms with Gasteiger partial charge in [0, 0.05) is 57.2 Å². The molecule has 2 aliphatic rings. The van der Waals surface area contributed by atoms with E-state index in [0.717, 1.165) is 32.7 Å². The summed E-state index contributed by atoms with van der Waals surface area (Å²) in [4.78, 5) is 12.3. The fourth-order valence-electron chi connectivity index (χ4n) is 4.03. The summed E-state index contributed by atoms with van der Waals surface area (Å²) in [5.41, 5.74) is 3.86. The van der Waals surface area contributed by atoms with E-state index in [1.54, 1.807) is 0 Å². The monoisotopic (exact) mass is 339 g/mol. The fourth-order valence-corrected chi connectivity index (χ4v) is 4.03. The second-order valence-corrected chi connectivity index (χ2v) is 7.24. The maximum Gasteiger partial charge on any atom is 0.206 e. The lowest BCUT2D eigenvalue weighted by atomic mass is 10.2. The van der Waals surface area contributed by atoms with Crippen molar-refractivity contribution in [1.29, 1.82) is 0 Å². The Morgan fingerprint density at radius 2 is 1.64 bits per heavy atom. The van der Waals surface area contributed by atoms with Crippen LogP contribution in [0.5, 0.6) is 0 Å². The molecule has 0 radical (unpaired) electrons. The van der Waals surface area contributed by atoms with Crippen molar-refractivity contribution in [2.75, 3.05) is 55.6 Å². The predicted octanol–water partition coefficient (Wildman–Crippen LogP) is 2.53. The average Bonchev–Trinajstić information content (AvgIpc) is 3.17. The van der Waals surface area contributed by atoms with Crippen molar-refractivity contribution >= 4 is 11.6 Å². The first kappa shape index (κ1) is 16.5. The molecule has 0 amide bonds. The van der Waals surface area contributed by atoms with Gasteiger partial charge in [-0.3, -0.25) is 4.90 Å². The molecule has 3 heterocycles. The smallest absolute Gasteiger partial charge is 0.206 e. The Balaban J connectivity index is 1.23. The van der Waals surface area contributed by atoms with E-state index >= 15 is 0 Å². The Labute approximate surface area is 150 Å². The fraction of sp³-hybridized carbons (Fsp3) is 0.550. The first-order valence-corrected chi connectivity index (χ1v) is 9.53. The molecule has 1 aromatic carbocycles. The molecule has 0 N–H and O–H groups in total. The topological polar surface area (TPSA) is 27.5 Å². The summed E-state index contributed by atoms with van der Waals surface area (Å²) in [5.74, 6) is 1.18. The summed E-state index contributed by atoms with van der Waals surface area (Å²) >= 11 is 0. The minimum atomic E-state index is 1.09. The van der Waals surface area contributed by atoms with Crippen molar-refractivity contribution in [2.45, 2.75) is 26.8 Å². The first-order chi connectivity index (χ1) is 12.2. The van der Waals surface area contributed by atoms with Crippen molar-refractivity contribution in [1.82, 2.24) is 14.5 Å². The van der Waals surface area contributed by atoms with Crippen LogP contribution in [0.4, 0.5) is 11.6 Å². The standard InChI is InChI=1S/C20H29N5/c1-17-18(2)25-16-15-24(20(25)21-17)10-6-9-22-11-13-23(14-12-22)19-7-4-3-5-8-19/h3-5,7-8H,6,9-16H2,1-2H3. The third-order valence-corrected chi connectivity index (χ3v) is 5.71. The highest BCUT2D eigenvalue weighted by Crippen LogP contribution is 2.24. The molecule has 4 rings (SSSR count). The van der Waals surface area contributed by atoms with Crippen LogP contribution in [0.25, 0.3) is 0 Å². The molecule has 5 heteroatoms. The third-order valence-electron chi connectivity index (χ3n) is 5.71. The Bertz CT molecular complexity index is 700. The number of aryl methyl sites for hydroxylation is 1. The van der Waals surface area contributed by atoms with E-state index in [4.69, 9.17) is 4.98 Å². The lowest BCUT2D eigenvalue weighted by Crippen LogP contribution is -2.47. The van der Waals surface area contributed by atoms with Crippen LogP contribution in [-0.2, 0) is 6.54 Å². The van der Waals surface area contributed by atoms with Gasteiger partial charge in [-0.25, -0.2) is 4.98 Å². The molecular formula is C20H29N5. The molecule has 2 aromatic rings. The van der Waals surface area contributed by atoms with Crippen LogP contribution in [0.3, 0.4) is 0 Å². The van der Waals surface area contributed by atoms with E-state index in [-0.39, 0.29) is 0 Å². The normalized spacial score (nSPS) is 18.0. The van der Waals surface area contributed by atoms with Crippen LogP contribution in [0.1, 0.15) is 17.8 Å². The second kappa shape index (κ2) is 7.08. The minimum Gasteiger partial charge on any atom is -0.369 e. The van der Waals surface area contributed by atoms with Crippen LogP contribution in [0, 0.1) is 13.8 Å². The predicted molar refractivity (Wildman–Crippen MR) is 104 cm³/mol. The van der Waals surface area contributed by atoms with Gasteiger partial charge in [0.15, 0.2) is 0 Å². The number of para-hydroxylation sites is 1. The summed E-state index contributed by atoms with van der Waals surface area (Å²) in [5, 5.41) is 0. The first-order valence-electron chi connectivity index (χ1n) is 9.53. The summed E-state index contributed by atoms with van der Waals surface area (Å²) < 4.78 is 2.37. The van der Waals surface area contributed by atoms with Gasteiger partial charge in [0.1, 0.15) is 0 Å². The summed E-state index contributed by atoms with van der Waals surface area (Å²) in [6.45, 7) is 13.4. The number of hydrogen-bond donors (Lipinski definition) is 0. The SMILES string of the molecule is Cc1nc2n(c1C)CCN2CCCN1CCN(c2ccccc2)CC1. The molecule has 0 bridgehead atoms. The van der Waals surface area contributed by atoms with Crippen molar-refractivity contribution in [3.05, 3.63) is 41.7 Å². The van der Waals surface area contributed by atoms with Gasteiger partial charge in [0.05, 0.1) is 5.69 Å². The van der Waals surface area contributed by atoms with Gasteiger partial charge in [0.2, 0.25) is 5.95 Å². The Morgan fingerprint density at radius 1 is 0.880 bits per heavy atom. The van der Waals surface area contributed by atoms with E-state index in [2.05, 4.69) is 63.4 Å². The van der Waals surface area contributed by atoms with Crippen molar-refractivity contribution in [3.8, 4) is 0 Å². The molecule has 0 atom stereocenters. The molecule has 0 saturated carbocycles. The second-order valence-electron chi connectivity index (χ2n) is 7.24. The van der Waals surface area contributed by atoms with Gasteiger partial charge >= 0.3 is 0 Å². The Kier molecular flexibility index (Phi) is 4.66. The molecular weight excluding hydrogens is 310 g/mol. The van der Waals surface area contributed by atoms with Gasteiger partial charge in [-0.1, -0.05) is 18.2 Å². The molecule has 1 aromatic heterocycles. The highest BCUT2D eigenvalue weighted by atomic mass is 15.4. The van der Waals surface area contributed by atoms with Crippen LogP contribution in [0.15, 0.2) is 30.3 Å². The van der Waals surface area contributed by atoms with Crippen molar-refractivity contribution in [3.63, 3.8) is 0 Å². The largest absolute Gasteiger partial charge is 0.369 e. The number of fused-ring (bicyclic) bond motifs is 1. The zero-order valence-electron chi connectivity index (χ0n) is 15.5. The molecule has 134 valence electrons. The van der Waals surface area contributed by atoms with Gasteiger partial charge in [-0.15, -0.1) is 0 Å². The Hall–Kier alpha value is -2.01. The Morgan fingerprint density at radius 3 is 2.40 bits per heavy atom. The number of imidazole rings is 1. The van der Waals surface area contributed by atoms with Gasteiger partial charge in [-0.05, 0) is 38.9 Å². The number of anilines is 2. The van der Waals surface area contributed by atoms with Gasteiger partial charge in [-0.2, -0.15) is 0 Å². The maximum atomic E-state index is 4.75. The van der Waals surface area contributed by atoms with Crippen molar-refractivity contribution < 1.29 is 0 Å². The number of benzene rings is 1. The minimum absolute atomic E-state index is 1.09. The van der Waals surface area contributed by atoms with Gasteiger partial charge in [0.25, 0.3) is 0 Å². The van der Waals surface area contributed by atoms with Crippen LogP contribution >= 0.6 is 0 Å². The number of aromatic nitrogens is 2. The van der Waals surface area contributed by atoms with E-state index in [1.807, 2.05) is 0 Å². The highest BCUT2D eigenvalue weighted by molar-refractivity contribution is 5.46. The van der Waals surface area contributed by atoms with E-state index in [1.165, 1.54) is 49.1 Å². The van der Waals surface area contributed by atoms with E-state index in [0.29, 0.717) is 0 Å². The van der Waals surface area contributed by atoms with Crippen LogP contribution < -0.4 is 9.80 Å². The summed E-state index contributed by atoms with van der Waals surface area (Å²) in [7, 11) is 0. The number of hydrogen-bond acceptors (Lipinski definition) is 4. The number of piperazine rings is 1. The number of nitrogens with zero attached hydrogens (tertiary/aromatic N) is 5. The zero-order valence-corrected chi connectivity index (χ0v) is 15.5. The van der Waals surface area contributed by atoms with Gasteiger partial charge < -0.3 is 14.4 Å². The molecule has 1 fully saturated rings. The lowest BCUT2D eigenvalue weighted by molar-refractivity contribution is 0.256. The van der Waals surface area contributed by atoms with E-state index in [9.17, 15) is 0 Å². The molecule has 0 unspecified atom stereocenters. The summed E-state index contributed by atoms with van der Waals surface area (Å²) in [6.07, 6.45) is 1.22. The highest BCUT2D eigenvalue weighted by Gasteiger charge is 2.23. The van der Waals surface area contributed by atoms with Crippen molar-refractivity contribution in [2.24, 2.45) is 0 Å². The molecule has 0 spiro atoms. The van der Waals surface area contributed by atoms with Crippen LogP contribution in [-0.4, -0.2) is 60.3 Å². The lowest BCUT2D eigenvalue weighted by Gasteiger charge is -2.36. The summed E-state index contributed by atoms with van der Waals surface area (Å²) in [6, 6.07) is 10.8. The molecule has 2 aliphatic heterocycles. The zero-order chi connectivity index (χ0) is 17.2. The molecule has 5 nitrogen and oxygen atoms in total. The molecule has 0 aliphatic carbocycles. The van der Waals surface area contributed by atoms with Crippen LogP contribution in [0.2, 0.25) is 0 Å². The average molecular weight is 339 g/mol. The quantitative estimate of drug-likeness (QED) is 0.837.